The summed E-state index contributed by atoms with van der Waals surface area (Å²) in [5, 5.41) is 5.09. The Morgan fingerprint density at radius 1 is 1.45 bits per heavy atom. The first kappa shape index (κ1) is 17.1. The third-order valence-corrected chi connectivity index (χ3v) is 5.02. The summed E-state index contributed by atoms with van der Waals surface area (Å²) >= 11 is 6.85. The van der Waals surface area contributed by atoms with Crippen LogP contribution < -0.4 is 11.1 Å². The Bertz CT molecular complexity index is 437. The third kappa shape index (κ3) is 3.79. The molecular weight excluding hydrogens is 288 g/mol. The van der Waals surface area contributed by atoms with Crippen molar-refractivity contribution in [3.05, 3.63) is 22.4 Å². The first-order valence-corrected chi connectivity index (χ1v) is 8.41. The van der Waals surface area contributed by atoms with E-state index in [-0.39, 0.29) is 11.9 Å². The van der Waals surface area contributed by atoms with Gasteiger partial charge in [-0.15, -0.1) is 11.3 Å². The van der Waals surface area contributed by atoms with Gasteiger partial charge in [-0.3, -0.25) is 4.79 Å². The molecule has 0 aliphatic heterocycles. The summed E-state index contributed by atoms with van der Waals surface area (Å²) in [6.07, 6.45) is 3.19. The van der Waals surface area contributed by atoms with Gasteiger partial charge >= 0.3 is 0 Å². The first-order valence-electron chi connectivity index (χ1n) is 7.12. The van der Waals surface area contributed by atoms with Gasteiger partial charge in [-0.25, -0.2) is 0 Å². The lowest BCUT2D eigenvalue weighted by Gasteiger charge is -2.32. The Labute approximate surface area is 130 Å². The molecule has 1 unspecified atom stereocenters. The molecule has 0 bridgehead atoms. The molecule has 0 radical (unpaired) electrons. The van der Waals surface area contributed by atoms with Crippen molar-refractivity contribution in [3.8, 4) is 0 Å². The fraction of sp³-hybridized carbons (Fsp3) is 0.600. The van der Waals surface area contributed by atoms with Crippen LogP contribution >= 0.6 is 23.6 Å². The molecule has 0 aliphatic carbocycles. The van der Waals surface area contributed by atoms with Gasteiger partial charge < -0.3 is 11.1 Å². The maximum absolute atomic E-state index is 12.7. The number of thiocarbonyl (C=S) groups is 1. The fourth-order valence-corrected chi connectivity index (χ4v) is 3.54. The summed E-state index contributed by atoms with van der Waals surface area (Å²) in [4.78, 5) is 14.2. The standard InChI is InChI=1S/C15H24N2OS2/c1-4-8-15(9-5-2,13(16)19)14(18)17-11(3)12-7-6-10-20-12/h6-7,10-11H,4-5,8-9H2,1-3H3,(H2,16,19)(H,17,18). The second kappa shape index (κ2) is 7.74. The topological polar surface area (TPSA) is 55.1 Å². The molecule has 0 aromatic carbocycles. The van der Waals surface area contributed by atoms with Gasteiger partial charge in [0.2, 0.25) is 5.91 Å². The quantitative estimate of drug-likeness (QED) is 0.718. The van der Waals surface area contributed by atoms with Crippen LogP contribution in [0.5, 0.6) is 0 Å². The maximum Gasteiger partial charge on any atom is 0.233 e. The zero-order valence-corrected chi connectivity index (χ0v) is 14.1. The van der Waals surface area contributed by atoms with Crippen LogP contribution in [0.4, 0.5) is 0 Å². The Hall–Kier alpha value is -0.940. The highest BCUT2D eigenvalue weighted by Crippen LogP contribution is 2.32. The molecule has 0 aliphatic rings. The molecule has 0 saturated heterocycles. The highest BCUT2D eigenvalue weighted by Gasteiger charge is 2.40. The lowest BCUT2D eigenvalue weighted by Crippen LogP contribution is -2.49. The van der Waals surface area contributed by atoms with E-state index in [1.807, 2.05) is 24.4 Å². The fourth-order valence-electron chi connectivity index (χ4n) is 2.51. The van der Waals surface area contributed by atoms with Crippen LogP contribution in [-0.4, -0.2) is 10.9 Å². The van der Waals surface area contributed by atoms with Gasteiger partial charge in [0.25, 0.3) is 0 Å². The summed E-state index contributed by atoms with van der Waals surface area (Å²) in [5.74, 6) is -0.0328. The summed E-state index contributed by atoms with van der Waals surface area (Å²) in [7, 11) is 0. The molecular formula is C15H24N2OS2. The Morgan fingerprint density at radius 2 is 2.05 bits per heavy atom. The van der Waals surface area contributed by atoms with Crippen LogP contribution in [0.15, 0.2) is 17.5 Å². The Balaban J connectivity index is 2.90. The maximum atomic E-state index is 12.7. The highest BCUT2D eigenvalue weighted by molar-refractivity contribution is 7.80. The van der Waals surface area contributed by atoms with E-state index >= 15 is 0 Å². The van der Waals surface area contributed by atoms with E-state index in [4.69, 9.17) is 18.0 Å². The van der Waals surface area contributed by atoms with Gasteiger partial charge in [0, 0.05) is 4.88 Å². The van der Waals surface area contributed by atoms with E-state index in [0.29, 0.717) is 17.8 Å². The Morgan fingerprint density at radius 3 is 2.45 bits per heavy atom. The minimum Gasteiger partial charge on any atom is -0.392 e. The molecule has 3 nitrogen and oxygen atoms in total. The van der Waals surface area contributed by atoms with Gasteiger partial charge in [-0.05, 0) is 31.2 Å². The van der Waals surface area contributed by atoms with Gasteiger partial charge in [-0.1, -0.05) is 45.0 Å². The largest absolute Gasteiger partial charge is 0.392 e. The summed E-state index contributed by atoms with van der Waals surface area (Å²) < 4.78 is 0. The van der Waals surface area contributed by atoms with Crippen LogP contribution in [-0.2, 0) is 4.79 Å². The van der Waals surface area contributed by atoms with Crippen molar-refractivity contribution in [1.82, 2.24) is 5.32 Å². The van der Waals surface area contributed by atoms with E-state index in [2.05, 4.69) is 19.2 Å². The minimum atomic E-state index is -0.704. The molecule has 1 rings (SSSR count). The molecule has 1 aromatic rings. The number of amides is 1. The monoisotopic (exact) mass is 312 g/mol. The van der Waals surface area contributed by atoms with Crippen molar-refractivity contribution in [1.29, 1.82) is 0 Å². The molecule has 5 heteroatoms. The lowest BCUT2D eigenvalue weighted by atomic mass is 9.78. The number of hydrogen-bond acceptors (Lipinski definition) is 3. The normalized spacial score (nSPS) is 12.9. The summed E-state index contributed by atoms with van der Waals surface area (Å²) in [6.45, 7) is 6.10. The molecule has 0 spiro atoms. The number of hydrogen-bond donors (Lipinski definition) is 2. The van der Waals surface area contributed by atoms with E-state index in [1.54, 1.807) is 11.3 Å². The number of nitrogens with two attached hydrogens (primary N) is 1. The average molecular weight is 313 g/mol. The molecule has 1 heterocycles. The van der Waals surface area contributed by atoms with E-state index < -0.39 is 5.41 Å². The van der Waals surface area contributed by atoms with Gasteiger partial charge in [-0.2, -0.15) is 0 Å². The summed E-state index contributed by atoms with van der Waals surface area (Å²) in [6, 6.07) is 4.00. The van der Waals surface area contributed by atoms with E-state index in [1.165, 1.54) is 0 Å². The van der Waals surface area contributed by atoms with Crippen molar-refractivity contribution in [2.45, 2.75) is 52.5 Å². The molecule has 0 saturated carbocycles. The van der Waals surface area contributed by atoms with Crippen molar-refractivity contribution in [2.75, 3.05) is 0 Å². The molecule has 112 valence electrons. The number of nitrogens with one attached hydrogen (secondary N) is 1. The lowest BCUT2D eigenvalue weighted by molar-refractivity contribution is -0.128. The van der Waals surface area contributed by atoms with Crippen molar-refractivity contribution in [3.63, 3.8) is 0 Å². The molecule has 20 heavy (non-hydrogen) atoms. The van der Waals surface area contributed by atoms with Gasteiger partial charge in [0.15, 0.2) is 0 Å². The van der Waals surface area contributed by atoms with E-state index in [0.717, 1.165) is 17.7 Å². The minimum absolute atomic E-state index is 0.00932. The molecule has 1 amide bonds. The van der Waals surface area contributed by atoms with Crippen LogP contribution in [0, 0.1) is 5.41 Å². The van der Waals surface area contributed by atoms with E-state index in [9.17, 15) is 4.79 Å². The number of thiophene rings is 1. The smallest absolute Gasteiger partial charge is 0.233 e. The number of carbonyl (C=O) groups is 1. The second-order valence-electron chi connectivity index (χ2n) is 5.16. The Kier molecular flexibility index (Phi) is 6.62. The zero-order valence-electron chi connectivity index (χ0n) is 12.4. The first-order chi connectivity index (χ1) is 9.47. The predicted molar refractivity (Wildman–Crippen MR) is 89.9 cm³/mol. The third-order valence-electron chi connectivity index (χ3n) is 3.58. The van der Waals surface area contributed by atoms with Crippen LogP contribution in [0.2, 0.25) is 0 Å². The van der Waals surface area contributed by atoms with Crippen LogP contribution in [0.25, 0.3) is 0 Å². The predicted octanol–water partition coefficient (Wildman–Crippen LogP) is 3.80. The van der Waals surface area contributed by atoms with Gasteiger partial charge in [0.1, 0.15) is 0 Å². The van der Waals surface area contributed by atoms with Crippen molar-refractivity contribution in [2.24, 2.45) is 11.1 Å². The number of carbonyl (C=O) groups excluding carboxylic acids is 1. The molecule has 1 atom stereocenters. The van der Waals surface area contributed by atoms with Crippen molar-refractivity contribution >= 4 is 34.5 Å². The molecule has 0 fully saturated rings. The second-order valence-corrected chi connectivity index (χ2v) is 6.58. The molecule has 3 N–H and O–H groups in total. The molecule has 1 aromatic heterocycles. The average Bonchev–Trinajstić information content (AvgIpc) is 2.91. The van der Waals surface area contributed by atoms with Crippen LogP contribution in [0.3, 0.4) is 0 Å². The van der Waals surface area contributed by atoms with Gasteiger partial charge in [0.05, 0.1) is 16.4 Å². The van der Waals surface area contributed by atoms with Crippen LogP contribution in [0.1, 0.15) is 57.4 Å². The zero-order chi connectivity index (χ0) is 15.2. The SMILES string of the molecule is CCCC(CCC)(C(=O)NC(C)c1cccs1)C(N)=S. The summed E-state index contributed by atoms with van der Waals surface area (Å²) in [5.41, 5.74) is 5.21. The van der Waals surface area contributed by atoms with Crippen molar-refractivity contribution < 1.29 is 4.79 Å². The number of rotatable bonds is 8. The highest BCUT2D eigenvalue weighted by atomic mass is 32.1.